The number of hydroxylamine groups is 1. The summed E-state index contributed by atoms with van der Waals surface area (Å²) in [5.74, 6) is -0.520. The molecular formula is C7H14N2O3. The summed E-state index contributed by atoms with van der Waals surface area (Å²) in [5, 5.41) is 2.48. The molecule has 0 aliphatic rings. The van der Waals surface area contributed by atoms with Crippen molar-refractivity contribution < 1.29 is 14.4 Å². The Morgan fingerprint density at radius 3 is 2.50 bits per heavy atom. The molecule has 0 spiro atoms. The zero-order chi connectivity index (χ0) is 9.56. The molecule has 0 aromatic carbocycles. The summed E-state index contributed by atoms with van der Waals surface area (Å²) in [6.07, 6.45) is 0.366. The van der Waals surface area contributed by atoms with Gasteiger partial charge >= 0.3 is 0 Å². The van der Waals surface area contributed by atoms with Gasteiger partial charge in [0.1, 0.15) is 6.04 Å². The standard InChI is InChI=1S/C7H14N2O3/c1-4-6(10)8-5(2)7(11)9-12-3/h5H,4H2,1-3H3,(H,8,10)(H,9,11)/t5-/m1/s1. The normalized spacial score (nSPS) is 11.9. The van der Waals surface area contributed by atoms with Crippen LogP contribution in [0.25, 0.3) is 0 Å². The number of carbonyl (C=O) groups is 2. The minimum Gasteiger partial charge on any atom is -0.345 e. The van der Waals surface area contributed by atoms with E-state index in [-0.39, 0.29) is 11.8 Å². The van der Waals surface area contributed by atoms with E-state index in [2.05, 4.69) is 15.6 Å². The summed E-state index contributed by atoms with van der Waals surface area (Å²) in [4.78, 5) is 26.1. The topological polar surface area (TPSA) is 67.4 Å². The van der Waals surface area contributed by atoms with Crippen LogP contribution in [0.15, 0.2) is 0 Å². The van der Waals surface area contributed by atoms with E-state index in [9.17, 15) is 9.59 Å². The van der Waals surface area contributed by atoms with Crippen molar-refractivity contribution >= 4 is 11.8 Å². The Morgan fingerprint density at radius 1 is 1.50 bits per heavy atom. The van der Waals surface area contributed by atoms with Gasteiger partial charge in [-0.2, -0.15) is 0 Å². The van der Waals surface area contributed by atoms with Crippen LogP contribution in [0, 0.1) is 0 Å². The van der Waals surface area contributed by atoms with Gasteiger partial charge in [0.05, 0.1) is 7.11 Å². The maximum absolute atomic E-state index is 10.9. The van der Waals surface area contributed by atoms with Crippen molar-refractivity contribution in [2.24, 2.45) is 0 Å². The van der Waals surface area contributed by atoms with E-state index in [4.69, 9.17) is 0 Å². The Kier molecular flexibility index (Phi) is 5.03. The number of hydrogen-bond donors (Lipinski definition) is 2. The summed E-state index contributed by atoms with van der Waals surface area (Å²) in [6.45, 7) is 3.30. The molecule has 0 radical (unpaired) electrons. The fourth-order valence-electron chi connectivity index (χ4n) is 0.598. The van der Waals surface area contributed by atoms with Gasteiger partial charge in [-0.25, -0.2) is 5.48 Å². The van der Waals surface area contributed by atoms with E-state index in [0.717, 1.165) is 0 Å². The highest BCUT2D eigenvalue weighted by atomic mass is 16.6. The Labute approximate surface area is 71.4 Å². The summed E-state index contributed by atoms with van der Waals surface area (Å²) >= 11 is 0. The van der Waals surface area contributed by atoms with Gasteiger partial charge in [0.25, 0.3) is 5.91 Å². The third-order valence-corrected chi connectivity index (χ3v) is 1.29. The van der Waals surface area contributed by atoms with Crippen LogP contribution in [-0.2, 0) is 14.4 Å². The second-order valence-corrected chi connectivity index (χ2v) is 2.31. The van der Waals surface area contributed by atoms with E-state index in [1.165, 1.54) is 7.11 Å². The lowest BCUT2D eigenvalue weighted by molar-refractivity contribution is -0.135. The molecule has 2 N–H and O–H groups in total. The smallest absolute Gasteiger partial charge is 0.265 e. The molecule has 0 aliphatic heterocycles. The zero-order valence-corrected chi connectivity index (χ0v) is 7.51. The van der Waals surface area contributed by atoms with Gasteiger partial charge in [0, 0.05) is 6.42 Å². The fourth-order valence-corrected chi connectivity index (χ4v) is 0.598. The van der Waals surface area contributed by atoms with Gasteiger partial charge in [-0.1, -0.05) is 6.92 Å². The summed E-state index contributed by atoms with van der Waals surface area (Å²) < 4.78 is 0. The van der Waals surface area contributed by atoms with E-state index >= 15 is 0 Å². The zero-order valence-electron chi connectivity index (χ0n) is 7.51. The highest BCUT2D eigenvalue weighted by Gasteiger charge is 2.13. The molecule has 0 aromatic rings. The first-order valence-electron chi connectivity index (χ1n) is 3.74. The molecule has 5 heteroatoms. The van der Waals surface area contributed by atoms with Gasteiger partial charge < -0.3 is 5.32 Å². The molecule has 5 nitrogen and oxygen atoms in total. The molecule has 1 atom stereocenters. The first-order chi connectivity index (χ1) is 5.61. The van der Waals surface area contributed by atoms with Gasteiger partial charge in [-0.3, -0.25) is 14.4 Å². The first-order valence-corrected chi connectivity index (χ1v) is 3.74. The molecule has 0 aliphatic carbocycles. The van der Waals surface area contributed by atoms with Crippen LogP contribution in [0.5, 0.6) is 0 Å². The lowest BCUT2D eigenvalue weighted by Gasteiger charge is -2.11. The predicted octanol–water partition coefficient (Wildman–Crippen LogP) is -0.421. The first kappa shape index (κ1) is 10.9. The van der Waals surface area contributed by atoms with E-state index in [1.807, 2.05) is 0 Å². The molecule has 2 amide bonds. The summed E-state index contributed by atoms with van der Waals surface area (Å²) in [7, 11) is 1.34. The van der Waals surface area contributed by atoms with Gasteiger partial charge in [-0.15, -0.1) is 0 Å². The van der Waals surface area contributed by atoms with Crippen LogP contribution in [0.1, 0.15) is 20.3 Å². The lowest BCUT2D eigenvalue weighted by atomic mass is 10.3. The number of carbonyl (C=O) groups excluding carboxylic acids is 2. The number of rotatable bonds is 4. The highest BCUT2D eigenvalue weighted by molar-refractivity contribution is 5.86. The van der Waals surface area contributed by atoms with E-state index < -0.39 is 6.04 Å². The molecular weight excluding hydrogens is 160 g/mol. The van der Waals surface area contributed by atoms with Crippen LogP contribution < -0.4 is 10.8 Å². The molecule has 0 unspecified atom stereocenters. The largest absolute Gasteiger partial charge is 0.345 e. The van der Waals surface area contributed by atoms with E-state index in [0.29, 0.717) is 6.42 Å². The third kappa shape index (κ3) is 3.92. The second kappa shape index (κ2) is 5.54. The third-order valence-electron chi connectivity index (χ3n) is 1.29. The van der Waals surface area contributed by atoms with Crippen molar-refractivity contribution in [2.45, 2.75) is 26.3 Å². The molecule has 0 saturated carbocycles. The van der Waals surface area contributed by atoms with Crippen molar-refractivity contribution in [3.8, 4) is 0 Å². The Balaban J connectivity index is 3.78. The van der Waals surface area contributed by atoms with Crippen LogP contribution >= 0.6 is 0 Å². The predicted molar refractivity (Wildman–Crippen MR) is 43.0 cm³/mol. The van der Waals surface area contributed by atoms with Crippen LogP contribution in [0.3, 0.4) is 0 Å². The van der Waals surface area contributed by atoms with Crippen molar-refractivity contribution in [3.63, 3.8) is 0 Å². The van der Waals surface area contributed by atoms with Gasteiger partial charge in [0.2, 0.25) is 5.91 Å². The Morgan fingerprint density at radius 2 is 2.08 bits per heavy atom. The molecule has 0 bridgehead atoms. The van der Waals surface area contributed by atoms with Crippen LogP contribution in [0.4, 0.5) is 0 Å². The molecule has 70 valence electrons. The SMILES string of the molecule is CCC(=O)N[C@H](C)C(=O)NOC. The maximum Gasteiger partial charge on any atom is 0.265 e. The molecule has 0 rings (SSSR count). The van der Waals surface area contributed by atoms with E-state index in [1.54, 1.807) is 13.8 Å². The molecule has 0 saturated heterocycles. The van der Waals surface area contributed by atoms with Gasteiger partial charge in [-0.05, 0) is 6.92 Å². The molecule has 0 heterocycles. The number of amides is 2. The minimum absolute atomic E-state index is 0.159. The second-order valence-electron chi connectivity index (χ2n) is 2.31. The molecule has 0 fully saturated rings. The van der Waals surface area contributed by atoms with Crippen molar-refractivity contribution in [2.75, 3.05) is 7.11 Å². The Hall–Kier alpha value is -1.10. The van der Waals surface area contributed by atoms with Crippen LogP contribution in [-0.4, -0.2) is 25.0 Å². The number of nitrogens with one attached hydrogen (secondary N) is 2. The highest BCUT2D eigenvalue weighted by Crippen LogP contribution is 1.84. The Bertz CT molecular complexity index is 170. The van der Waals surface area contributed by atoms with Crippen molar-refractivity contribution in [1.82, 2.24) is 10.8 Å². The maximum atomic E-state index is 10.9. The molecule has 0 aromatic heterocycles. The average Bonchev–Trinajstić information content (AvgIpc) is 2.04. The lowest BCUT2D eigenvalue weighted by Crippen LogP contribution is -2.44. The fraction of sp³-hybridized carbons (Fsp3) is 0.714. The minimum atomic E-state index is -0.558. The van der Waals surface area contributed by atoms with Crippen molar-refractivity contribution in [3.05, 3.63) is 0 Å². The monoisotopic (exact) mass is 174 g/mol. The van der Waals surface area contributed by atoms with Crippen LogP contribution in [0.2, 0.25) is 0 Å². The van der Waals surface area contributed by atoms with Gasteiger partial charge in [0.15, 0.2) is 0 Å². The number of hydrogen-bond acceptors (Lipinski definition) is 3. The summed E-state index contributed by atoms with van der Waals surface area (Å²) in [6, 6.07) is -0.558. The summed E-state index contributed by atoms with van der Waals surface area (Å²) in [5.41, 5.74) is 2.12. The average molecular weight is 174 g/mol. The quantitative estimate of drug-likeness (QED) is 0.569. The molecule has 12 heavy (non-hydrogen) atoms. The van der Waals surface area contributed by atoms with Crippen molar-refractivity contribution in [1.29, 1.82) is 0 Å².